The molecule has 0 saturated heterocycles. The van der Waals surface area contributed by atoms with Gasteiger partial charge in [-0.2, -0.15) is 0 Å². The Morgan fingerprint density at radius 1 is 0.906 bits per heavy atom. The highest BCUT2D eigenvalue weighted by atomic mass is 32.2. The van der Waals surface area contributed by atoms with Gasteiger partial charge < -0.3 is 14.4 Å². The van der Waals surface area contributed by atoms with Crippen molar-refractivity contribution >= 4 is 21.6 Å². The van der Waals surface area contributed by atoms with Crippen LogP contribution in [0.4, 0.5) is 5.69 Å². The number of anilines is 1. The molecule has 32 heavy (non-hydrogen) atoms. The van der Waals surface area contributed by atoms with Crippen molar-refractivity contribution in [3.63, 3.8) is 0 Å². The summed E-state index contributed by atoms with van der Waals surface area (Å²) in [5.74, 6) is 1.13. The van der Waals surface area contributed by atoms with Gasteiger partial charge in [0.15, 0.2) is 11.5 Å². The Balaban J connectivity index is 1.54. The van der Waals surface area contributed by atoms with Gasteiger partial charge in [0, 0.05) is 24.3 Å². The number of sulfonamides is 1. The van der Waals surface area contributed by atoms with Crippen LogP contribution in [0, 0.1) is 0 Å². The van der Waals surface area contributed by atoms with Gasteiger partial charge in [0.2, 0.25) is 0 Å². The Morgan fingerprint density at radius 3 is 2.28 bits per heavy atom. The molecule has 1 aliphatic heterocycles. The molecular weight excluding hydrogens is 428 g/mol. The second kappa shape index (κ2) is 8.92. The van der Waals surface area contributed by atoms with Crippen molar-refractivity contribution < 1.29 is 22.7 Å². The minimum atomic E-state index is -3.74. The first-order valence-corrected chi connectivity index (χ1v) is 11.6. The number of benzene rings is 3. The first-order chi connectivity index (χ1) is 15.4. The van der Waals surface area contributed by atoms with E-state index in [-0.39, 0.29) is 10.8 Å². The number of rotatable bonds is 6. The smallest absolute Gasteiger partial charge is 0.261 e. The fourth-order valence-electron chi connectivity index (χ4n) is 3.77. The summed E-state index contributed by atoms with van der Waals surface area (Å²) in [7, 11) is -0.555. The van der Waals surface area contributed by atoms with Crippen molar-refractivity contribution in [1.29, 1.82) is 0 Å². The van der Waals surface area contributed by atoms with Crippen molar-refractivity contribution in [2.75, 3.05) is 25.5 Å². The number of nitrogens with zero attached hydrogens (tertiary/aromatic N) is 1. The van der Waals surface area contributed by atoms with Crippen LogP contribution in [-0.4, -0.2) is 40.0 Å². The van der Waals surface area contributed by atoms with Crippen LogP contribution < -0.4 is 14.2 Å². The normalized spacial score (nSPS) is 13.2. The summed E-state index contributed by atoms with van der Waals surface area (Å²) in [6.45, 7) is 0.996. The molecule has 0 spiro atoms. The fourth-order valence-corrected chi connectivity index (χ4v) is 4.84. The Labute approximate surface area is 187 Å². The predicted molar refractivity (Wildman–Crippen MR) is 122 cm³/mol. The summed E-state index contributed by atoms with van der Waals surface area (Å²) in [6, 6.07) is 18.5. The van der Waals surface area contributed by atoms with E-state index >= 15 is 0 Å². The molecule has 0 aromatic heterocycles. The zero-order chi connectivity index (χ0) is 22.7. The van der Waals surface area contributed by atoms with Gasteiger partial charge in [0.25, 0.3) is 15.9 Å². The van der Waals surface area contributed by atoms with Crippen molar-refractivity contribution in [3.8, 4) is 11.5 Å². The lowest BCUT2D eigenvalue weighted by atomic mass is 9.98. The lowest BCUT2D eigenvalue weighted by Gasteiger charge is -2.30. The van der Waals surface area contributed by atoms with Crippen LogP contribution in [-0.2, 0) is 23.0 Å². The van der Waals surface area contributed by atoms with Crippen LogP contribution in [0.15, 0.2) is 71.6 Å². The van der Waals surface area contributed by atoms with Crippen molar-refractivity contribution in [1.82, 2.24) is 4.90 Å². The van der Waals surface area contributed by atoms with Gasteiger partial charge in [0.05, 0.1) is 19.1 Å². The molecule has 8 heteroatoms. The van der Waals surface area contributed by atoms with E-state index < -0.39 is 10.0 Å². The summed E-state index contributed by atoms with van der Waals surface area (Å²) in [5, 5.41) is 0. The zero-order valence-electron chi connectivity index (χ0n) is 17.9. The number of ether oxygens (including phenoxy) is 2. The molecule has 1 amide bonds. The number of fused-ring (bicyclic) bond motifs is 1. The van der Waals surface area contributed by atoms with Gasteiger partial charge >= 0.3 is 0 Å². The highest BCUT2D eigenvalue weighted by molar-refractivity contribution is 7.92. The van der Waals surface area contributed by atoms with Gasteiger partial charge in [-0.05, 0) is 60.0 Å². The third-order valence-electron chi connectivity index (χ3n) is 5.42. The summed E-state index contributed by atoms with van der Waals surface area (Å²) in [4.78, 5) is 15.1. The van der Waals surface area contributed by atoms with Crippen molar-refractivity contribution in [2.45, 2.75) is 17.9 Å². The van der Waals surface area contributed by atoms with Crippen LogP contribution in [0.3, 0.4) is 0 Å². The lowest BCUT2D eigenvalue weighted by Crippen LogP contribution is -2.36. The van der Waals surface area contributed by atoms with Crippen molar-refractivity contribution in [2.24, 2.45) is 0 Å². The largest absolute Gasteiger partial charge is 0.493 e. The first kappa shape index (κ1) is 21.7. The average molecular weight is 453 g/mol. The number of carbonyl (C=O) groups is 1. The van der Waals surface area contributed by atoms with E-state index in [1.165, 1.54) is 12.1 Å². The molecule has 4 rings (SSSR count). The molecule has 0 saturated carbocycles. The third kappa shape index (κ3) is 4.40. The monoisotopic (exact) mass is 452 g/mol. The lowest BCUT2D eigenvalue weighted by molar-refractivity contribution is 0.0734. The molecule has 166 valence electrons. The maximum atomic E-state index is 13.2. The van der Waals surface area contributed by atoms with Crippen LogP contribution >= 0.6 is 0 Å². The number of carbonyl (C=O) groups excluding carboxylic acids is 1. The third-order valence-corrected chi connectivity index (χ3v) is 6.82. The molecular formula is C24H24N2O5S. The van der Waals surface area contributed by atoms with Crippen LogP contribution in [0.5, 0.6) is 11.5 Å². The van der Waals surface area contributed by atoms with E-state index in [9.17, 15) is 13.2 Å². The minimum absolute atomic E-state index is 0.161. The highest BCUT2D eigenvalue weighted by Crippen LogP contribution is 2.33. The molecule has 7 nitrogen and oxygen atoms in total. The molecule has 3 aromatic rings. The number of nitrogens with one attached hydrogen (secondary N) is 1. The molecule has 0 fully saturated rings. The predicted octanol–water partition coefficient (Wildman–Crippen LogP) is 3.70. The molecule has 1 N–H and O–H groups in total. The Kier molecular flexibility index (Phi) is 6.05. The molecule has 0 atom stereocenters. The molecule has 0 radical (unpaired) electrons. The van der Waals surface area contributed by atoms with E-state index in [2.05, 4.69) is 4.72 Å². The second-order valence-electron chi connectivity index (χ2n) is 7.45. The van der Waals surface area contributed by atoms with E-state index in [4.69, 9.17) is 9.47 Å². The summed E-state index contributed by atoms with van der Waals surface area (Å²) in [6.07, 6.45) is 0.696. The van der Waals surface area contributed by atoms with E-state index in [1.807, 2.05) is 12.1 Å². The standard InChI is InChI=1S/C24H24N2O5S/c1-30-22-14-17-11-12-26(16-19(17)15-23(22)31-2)24(27)18-7-6-8-20(13-18)25-32(28,29)21-9-4-3-5-10-21/h3-10,13-15,25H,11-12,16H2,1-2H3. The Bertz CT molecular complexity index is 1240. The molecule has 3 aromatic carbocycles. The van der Waals surface area contributed by atoms with Gasteiger partial charge in [-0.15, -0.1) is 0 Å². The van der Waals surface area contributed by atoms with Gasteiger partial charge in [0.1, 0.15) is 0 Å². The fraction of sp³-hybridized carbons (Fsp3) is 0.208. The maximum Gasteiger partial charge on any atom is 0.261 e. The summed E-state index contributed by atoms with van der Waals surface area (Å²) in [5.41, 5.74) is 2.88. The first-order valence-electron chi connectivity index (χ1n) is 10.1. The van der Waals surface area contributed by atoms with Gasteiger partial charge in [-0.3, -0.25) is 9.52 Å². The van der Waals surface area contributed by atoms with E-state index in [0.29, 0.717) is 42.3 Å². The van der Waals surface area contributed by atoms with Gasteiger partial charge in [-0.25, -0.2) is 8.42 Å². The number of hydrogen-bond donors (Lipinski definition) is 1. The summed E-state index contributed by atoms with van der Waals surface area (Å²) >= 11 is 0. The SMILES string of the molecule is COc1cc2c(cc1OC)CN(C(=O)c1cccc(NS(=O)(=O)c3ccccc3)c1)CC2. The number of methoxy groups -OCH3 is 2. The Hall–Kier alpha value is -3.52. The summed E-state index contributed by atoms with van der Waals surface area (Å²) < 4.78 is 38.5. The molecule has 1 aliphatic rings. The quantitative estimate of drug-likeness (QED) is 0.616. The second-order valence-corrected chi connectivity index (χ2v) is 9.13. The minimum Gasteiger partial charge on any atom is -0.493 e. The molecule has 1 heterocycles. The van der Waals surface area contributed by atoms with Crippen molar-refractivity contribution in [3.05, 3.63) is 83.4 Å². The molecule has 0 bridgehead atoms. The Morgan fingerprint density at radius 2 is 1.59 bits per heavy atom. The molecule has 0 aliphatic carbocycles. The van der Waals surface area contributed by atoms with Gasteiger partial charge in [-0.1, -0.05) is 24.3 Å². The number of amides is 1. The zero-order valence-corrected chi connectivity index (χ0v) is 18.7. The van der Waals surface area contributed by atoms with Crippen LogP contribution in [0.2, 0.25) is 0 Å². The van der Waals surface area contributed by atoms with E-state index in [1.54, 1.807) is 61.6 Å². The maximum absolute atomic E-state index is 13.2. The average Bonchev–Trinajstić information content (AvgIpc) is 2.82. The molecule has 0 unspecified atom stereocenters. The van der Waals surface area contributed by atoms with Crippen LogP contribution in [0.25, 0.3) is 0 Å². The van der Waals surface area contributed by atoms with Crippen LogP contribution in [0.1, 0.15) is 21.5 Å². The number of hydrogen-bond acceptors (Lipinski definition) is 5. The highest BCUT2D eigenvalue weighted by Gasteiger charge is 2.24. The van der Waals surface area contributed by atoms with E-state index in [0.717, 1.165) is 11.1 Å². The topological polar surface area (TPSA) is 84.9 Å².